The van der Waals surface area contributed by atoms with Crippen LogP contribution in [0.4, 0.5) is 0 Å². The lowest BCUT2D eigenvalue weighted by Crippen LogP contribution is -1.98. The molecule has 1 fully saturated rings. The van der Waals surface area contributed by atoms with E-state index in [1.807, 2.05) is 28.9 Å². The number of tetrazole rings is 1. The first-order chi connectivity index (χ1) is 8.74. The first-order valence-electron chi connectivity index (χ1n) is 5.98. The van der Waals surface area contributed by atoms with Crippen molar-refractivity contribution >= 4 is 11.8 Å². The fraction of sp³-hybridized carbons (Fsp3) is 0.417. The maximum Gasteiger partial charge on any atom is 0.214 e. The van der Waals surface area contributed by atoms with Gasteiger partial charge in [0.2, 0.25) is 5.16 Å². The molecule has 0 aliphatic heterocycles. The Balaban J connectivity index is 1.77. The molecule has 1 heterocycles. The minimum atomic E-state index is -0.430. The summed E-state index contributed by atoms with van der Waals surface area (Å²) < 4.78 is 1.90. The zero-order chi connectivity index (χ0) is 12.5. The van der Waals surface area contributed by atoms with Gasteiger partial charge < -0.3 is 5.11 Å². The quantitative estimate of drug-likeness (QED) is 0.915. The number of nitrogens with zero attached hydrogens (tertiary/aromatic N) is 4. The average molecular weight is 262 g/mol. The van der Waals surface area contributed by atoms with E-state index in [4.69, 9.17) is 0 Å². The number of rotatable bonds is 4. The van der Waals surface area contributed by atoms with Crippen molar-refractivity contribution in [1.29, 1.82) is 0 Å². The van der Waals surface area contributed by atoms with E-state index in [9.17, 15) is 5.11 Å². The van der Waals surface area contributed by atoms with Crippen LogP contribution in [0.1, 0.15) is 37.5 Å². The number of hydrogen-bond acceptors (Lipinski definition) is 5. The topological polar surface area (TPSA) is 63.8 Å². The molecule has 0 bridgehead atoms. The number of aliphatic hydroxyl groups excluding tert-OH is 1. The molecule has 1 aromatic heterocycles. The van der Waals surface area contributed by atoms with Gasteiger partial charge in [-0.05, 0) is 59.7 Å². The van der Waals surface area contributed by atoms with Crippen LogP contribution in [-0.2, 0) is 0 Å². The summed E-state index contributed by atoms with van der Waals surface area (Å²) in [6.45, 7) is 1.76. The van der Waals surface area contributed by atoms with Gasteiger partial charge in [-0.25, -0.2) is 4.68 Å². The first-order valence-corrected chi connectivity index (χ1v) is 6.79. The molecule has 1 unspecified atom stereocenters. The van der Waals surface area contributed by atoms with E-state index in [0.717, 1.165) is 15.6 Å². The van der Waals surface area contributed by atoms with Gasteiger partial charge in [0.15, 0.2) is 0 Å². The third-order valence-corrected chi connectivity index (χ3v) is 3.89. The molecule has 1 atom stereocenters. The van der Waals surface area contributed by atoms with Crippen LogP contribution in [0.2, 0.25) is 0 Å². The van der Waals surface area contributed by atoms with Crippen molar-refractivity contribution in [1.82, 2.24) is 20.2 Å². The lowest BCUT2D eigenvalue weighted by Gasteiger charge is -2.06. The molecule has 1 saturated carbocycles. The molecule has 2 aromatic rings. The monoisotopic (exact) mass is 262 g/mol. The minimum absolute atomic E-state index is 0.430. The Labute approximate surface area is 109 Å². The standard InChI is InChI=1S/C12H14N4OS/c1-8(17)9-2-6-11(7-3-9)18-12-13-14-15-16(12)10-4-5-10/h2-3,6-8,10,17H,4-5H2,1H3. The third-order valence-electron chi connectivity index (χ3n) is 2.93. The molecule has 5 nitrogen and oxygen atoms in total. The van der Waals surface area contributed by atoms with Gasteiger partial charge in [-0.3, -0.25) is 0 Å². The molecule has 0 radical (unpaired) electrons. The summed E-state index contributed by atoms with van der Waals surface area (Å²) in [4.78, 5) is 1.08. The summed E-state index contributed by atoms with van der Waals surface area (Å²) in [5, 5.41) is 22.1. The first kappa shape index (κ1) is 11.7. The van der Waals surface area contributed by atoms with Crippen molar-refractivity contribution in [2.24, 2.45) is 0 Å². The van der Waals surface area contributed by atoms with Gasteiger partial charge in [0, 0.05) is 4.90 Å². The summed E-state index contributed by atoms with van der Waals surface area (Å²) in [6.07, 6.45) is 1.90. The van der Waals surface area contributed by atoms with E-state index in [1.165, 1.54) is 12.8 Å². The highest BCUT2D eigenvalue weighted by Gasteiger charge is 2.28. The molecular weight excluding hydrogens is 248 g/mol. The van der Waals surface area contributed by atoms with E-state index in [1.54, 1.807) is 18.7 Å². The SMILES string of the molecule is CC(O)c1ccc(Sc2nnnn2C2CC2)cc1. The number of hydrogen-bond donors (Lipinski definition) is 1. The summed E-state index contributed by atoms with van der Waals surface area (Å²) in [7, 11) is 0. The van der Waals surface area contributed by atoms with Crippen LogP contribution in [0, 0.1) is 0 Å². The zero-order valence-corrected chi connectivity index (χ0v) is 10.8. The Hall–Kier alpha value is -1.40. The summed E-state index contributed by atoms with van der Waals surface area (Å²) in [6, 6.07) is 8.31. The molecule has 18 heavy (non-hydrogen) atoms. The van der Waals surface area contributed by atoms with Crippen LogP contribution in [-0.4, -0.2) is 25.3 Å². The largest absolute Gasteiger partial charge is 0.389 e. The highest BCUT2D eigenvalue weighted by Crippen LogP contribution is 2.37. The fourth-order valence-corrected chi connectivity index (χ4v) is 2.56. The molecule has 0 saturated heterocycles. The second kappa shape index (κ2) is 4.70. The van der Waals surface area contributed by atoms with E-state index in [0.29, 0.717) is 6.04 Å². The molecular formula is C12H14N4OS. The van der Waals surface area contributed by atoms with Crippen molar-refractivity contribution in [2.45, 2.75) is 42.0 Å². The Kier molecular flexibility index (Phi) is 3.05. The predicted molar refractivity (Wildman–Crippen MR) is 67.3 cm³/mol. The maximum atomic E-state index is 9.45. The number of aliphatic hydroxyl groups is 1. The normalized spacial score (nSPS) is 16.8. The highest BCUT2D eigenvalue weighted by molar-refractivity contribution is 7.99. The molecule has 1 N–H and O–H groups in total. The third kappa shape index (κ3) is 2.39. The van der Waals surface area contributed by atoms with Crippen molar-refractivity contribution in [3.63, 3.8) is 0 Å². The van der Waals surface area contributed by atoms with Crippen LogP contribution < -0.4 is 0 Å². The van der Waals surface area contributed by atoms with Crippen LogP contribution in [0.25, 0.3) is 0 Å². The lowest BCUT2D eigenvalue weighted by molar-refractivity contribution is 0.199. The Bertz CT molecular complexity index is 533. The van der Waals surface area contributed by atoms with Crippen LogP contribution in [0.15, 0.2) is 34.3 Å². The average Bonchev–Trinajstić information content (AvgIpc) is 3.11. The lowest BCUT2D eigenvalue weighted by atomic mass is 10.1. The second-order valence-corrected chi connectivity index (χ2v) is 5.52. The fourth-order valence-electron chi connectivity index (χ4n) is 1.72. The molecule has 1 aromatic carbocycles. The zero-order valence-electron chi connectivity index (χ0n) is 10.0. The maximum absolute atomic E-state index is 9.45. The highest BCUT2D eigenvalue weighted by atomic mass is 32.2. The summed E-state index contributed by atoms with van der Waals surface area (Å²) >= 11 is 1.55. The number of aromatic nitrogens is 4. The van der Waals surface area contributed by atoms with Gasteiger partial charge in [0.25, 0.3) is 0 Å². The predicted octanol–water partition coefficient (Wildman–Crippen LogP) is 2.21. The van der Waals surface area contributed by atoms with Gasteiger partial charge >= 0.3 is 0 Å². The van der Waals surface area contributed by atoms with E-state index >= 15 is 0 Å². The molecule has 0 spiro atoms. The summed E-state index contributed by atoms with van der Waals surface area (Å²) in [5.74, 6) is 0. The molecule has 3 rings (SSSR count). The molecule has 6 heteroatoms. The van der Waals surface area contributed by atoms with E-state index in [-0.39, 0.29) is 0 Å². The minimum Gasteiger partial charge on any atom is -0.389 e. The van der Waals surface area contributed by atoms with Gasteiger partial charge in [-0.2, -0.15) is 0 Å². The van der Waals surface area contributed by atoms with Crippen LogP contribution in [0.3, 0.4) is 0 Å². The van der Waals surface area contributed by atoms with Crippen molar-refractivity contribution < 1.29 is 5.11 Å². The van der Waals surface area contributed by atoms with Crippen LogP contribution >= 0.6 is 11.8 Å². The van der Waals surface area contributed by atoms with Crippen molar-refractivity contribution in [3.05, 3.63) is 29.8 Å². The van der Waals surface area contributed by atoms with Crippen LogP contribution in [0.5, 0.6) is 0 Å². The molecule has 1 aliphatic carbocycles. The Morgan fingerprint density at radius 3 is 2.67 bits per heavy atom. The molecule has 94 valence electrons. The van der Waals surface area contributed by atoms with Crippen molar-refractivity contribution in [2.75, 3.05) is 0 Å². The summed E-state index contributed by atoms with van der Waals surface area (Å²) in [5.41, 5.74) is 0.918. The molecule has 1 aliphatic rings. The van der Waals surface area contributed by atoms with Gasteiger partial charge in [-0.1, -0.05) is 12.1 Å². The van der Waals surface area contributed by atoms with Crippen molar-refractivity contribution in [3.8, 4) is 0 Å². The Morgan fingerprint density at radius 1 is 1.33 bits per heavy atom. The van der Waals surface area contributed by atoms with E-state index in [2.05, 4.69) is 15.5 Å². The van der Waals surface area contributed by atoms with E-state index < -0.39 is 6.10 Å². The van der Waals surface area contributed by atoms with Gasteiger partial charge in [0.05, 0.1) is 12.1 Å². The second-order valence-electron chi connectivity index (χ2n) is 4.48. The Morgan fingerprint density at radius 2 is 2.06 bits per heavy atom. The van der Waals surface area contributed by atoms with Gasteiger partial charge in [-0.15, -0.1) is 5.10 Å². The van der Waals surface area contributed by atoms with Gasteiger partial charge in [0.1, 0.15) is 0 Å². The smallest absolute Gasteiger partial charge is 0.214 e. The molecule has 0 amide bonds. The number of benzene rings is 1.